The standard InChI is InChI=1S/C22H21N3O3S/c1-3-14(2)25-21(28)17-10-6-7-11-18(17)23-22(25)29-13-12-24-19(26)15-8-4-5-9-16(15)20(24)27/h4-11,14H,3,12-13H2,1-2H3/t14-/m1/s1. The van der Waals surface area contributed by atoms with Gasteiger partial charge in [-0.3, -0.25) is 23.9 Å². The molecule has 1 aliphatic rings. The molecule has 1 aliphatic heterocycles. The van der Waals surface area contributed by atoms with E-state index in [4.69, 9.17) is 0 Å². The number of rotatable bonds is 6. The first-order valence-corrected chi connectivity index (χ1v) is 10.6. The van der Waals surface area contributed by atoms with E-state index in [9.17, 15) is 14.4 Å². The molecule has 0 N–H and O–H groups in total. The van der Waals surface area contributed by atoms with Crippen LogP contribution in [0.2, 0.25) is 0 Å². The highest BCUT2D eigenvalue weighted by Gasteiger charge is 2.34. The predicted octanol–water partition coefficient (Wildman–Crippen LogP) is 3.76. The fourth-order valence-corrected chi connectivity index (χ4v) is 4.49. The van der Waals surface area contributed by atoms with E-state index in [1.165, 1.54) is 16.7 Å². The second-order valence-corrected chi connectivity index (χ2v) is 8.06. The summed E-state index contributed by atoms with van der Waals surface area (Å²) in [4.78, 5) is 44.0. The number of aromatic nitrogens is 2. The molecule has 0 unspecified atom stereocenters. The average Bonchev–Trinajstić information content (AvgIpc) is 2.98. The molecule has 6 nitrogen and oxygen atoms in total. The van der Waals surface area contributed by atoms with Gasteiger partial charge in [0.2, 0.25) is 0 Å². The van der Waals surface area contributed by atoms with Gasteiger partial charge in [0.15, 0.2) is 5.16 Å². The third-order valence-electron chi connectivity index (χ3n) is 5.23. The van der Waals surface area contributed by atoms with Gasteiger partial charge >= 0.3 is 0 Å². The first-order valence-electron chi connectivity index (χ1n) is 9.62. The number of benzene rings is 2. The van der Waals surface area contributed by atoms with Crippen LogP contribution < -0.4 is 5.56 Å². The second kappa shape index (κ2) is 7.83. The van der Waals surface area contributed by atoms with E-state index >= 15 is 0 Å². The molecule has 0 saturated carbocycles. The molecule has 0 fully saturated rings. The fraction of sp³-hybridized carbons (Fsp3) is 0.273. The highest BCUT2D eigenvalue weighted by molar-refractivity contribution is 7.99. The van der Waals surface area contributed by atoms with Crippen LogP contribution in [-0.4, -0.2) is 38.6 Å². The van der Waals surface area contributed by atoms with E-state index in [0.717, 1.165) is 6.42 Å². The third kappa shape index (κ3) is 3.35. The molecule has 148 valence electrons. The maximum Gasteiger partial charge on any atom is 0.262 e. The fourth-order valence-electron chi connectivity index (χ4n) is 3.47. The molecule has 0 spiro atoms. The molecule has 7 heteroatoms. The summed E-state index contributed by atoms with van der Waals surface area (Å²) in [5.41, 5.74) is 1.49. The van der Waals surface area contributed by atoms with Gasteiger partial charge in [-0.15, -0.1) is 0 Å². The molecule has 0 saturated heterocycles. The molecular weight excluding hydrogens is 386 g/mol. The van der Waals surface area contributed by atoms with Crippen molar-refractivity contribution >= 4 is 34.5 Å². The Balaban J connectivity index is 1.58. The average molecular weight is 407 g/mol. The molecule has 0 aliphatic carbocycles. The van der Waals surface area contributed by atoms with Gasteiger partial charge in [0.1, 0.15) is 0 Å². The highest BCUT2D eigenvalue weighted by Crippen LogP contribution is 2.25. The van der Waals surface area contributed by atoms with Gasteiger partial charge in [-0.05, 0) is 37.6 Å². The number of carbonyl (C=O) groups excluding carboxylic acids is 2. The number of thioether (sulfide) groups is 1. The zero-order chi connectivity index (χ0) is 20.5. The Bertz CT molecular complexity index is 1140. The van der Waals surface area contributed by atoms with Crippen LogP contribution in [0.15, 0.2) is 58.5 Å². The zero-order valence-corrected chi connectivity index (χ0v) is 17.1. The van der Waals surface area contributed by atoms with Crippen molar-refractivity contribution < 1.29 is 9.59 Å². The van der Waals surface area contributed by atoms with Gasteiger partial charge in [-0.1, -0.05) is 43.0 Å². The lowest BCUT2D eigenvalue weighted by Crippen LogP contribution is -2.32. The molecular formula is C22H21N3O3S. The Kier molecular flexibility index (Phi) is 5.24. The number of amides is 2. The van der Waals surface area contributed by atoms with Crippen molar-refractivity contribution in [2.24, 2.45) is 0 Å². The van der Waals surface area contributed by atoms with Crippen LogP contribution in [0.4, 0.5) is 0 Å². The van der Waals surface area contributed by atoms with Crippen LogP contribution in [0.5, 0.6) is 0 Å². The van der Waals surface area contributed by atoms with E-state index < -0.39 is 0 Å². The maximum atomic E-state index is 13.0. The molecule has 4 rings (SSSR count). The van der Waals surface area contributed by atoms with Gasteiger partial charge in [-0.2, -0.15) is 0 Å². The van der Waals surface area contributed by atoms with Crippen LogP contribution in [-0.2, 0) is 0 Å². The van der Waals surface area contributed by atoms with E-state index in [1.54, 1.807) is 34.9 Å². The van der Waals surface area contributed by atoms with Crippen molar-refractivity contribution in [3.05, 3.63) is 70.0 Å². The Hall–Kier alpha value is -2.93. The highest BCUT2D eigenvalue weighted by atomic mass is 32.2. The van der Waals surface area contributed by atoms with Crippen molar-refractivity contribution in [3.63, 3.8) is 0 Å². The van der Waals surface area contributed by atoms with Gasteiger partial charge in [0, 0.05) is 18.3 Å². The van der Waals surface area contributed by atoms with Crippen molar-refractivity contribution in [2.75, 3.05) is 12.3 Å². The minimum atomic E-state index is -0.267. The van der Waals surface area contributed by atoms with Gasteiger partial charge in [-0.25, -0.2) is 4.98 Å². The number of carbonyl (C=O) groups is 2. The first-order chi connectivity index (χ1) is 14.0. The Morgan fingerprint density at radius 3 is 2.24 bits per heavy atom. The van der Waals surface area contributed by atoms with Crippen molar-refractivity contribution in [1.29, 1.82) is 0 Å². The second-order valence-electron chi connectivity index (χ2n) is 7.00. The predicted molar refractivity (Wildman–Crippen MR) is 114 cm³/mol. The quantitative estimate of drug-likeness (QED) is 0.353. The number of fused-ring (bicyclic) bond motifs is 2. The van der Waals surface area contributed by atoms with E-state index in [1.807, 2.05) is 32.0 Å². The summed E-state index contributed by atoms with van der Waals surface area (Å²) >= 11 is 1.40. The third-order valence-corrected chi connectivity index (χ3v) is 6.16. The summed E-state index contributed by atoms with van der Waals surface area (Å²) in [7, 11) is 0. The SMILES string of the molecule is CC[C@@H](C)n1c(SCCN2C(=O)c3ccccc3C2=O)nc2ccccc2c1=O. The molecule has 2 aromatic carbocycles. The van der Waals surface area contributed by atoms with Crippen LogP contribution in [0.1, 0.15) is 47.0 Å². The monoisotopic (exact) mass is 407 g/mol. The van der Waals surface area contributed by atoms with Gasteiger partial charge in [0.25, 0.3) is 17.4 Å². The lowest BCUT2D eigenvalue weighted by atomic mass is 10.1. The first kappa shape index (κ1) is 19.4. The summed E-state index contributed by atoms with van der Waals surface area (Å²) in [6.45, 7) is 4.28. The summed E-state index contributed by atoms with van der Waals surface area (Å²) in [5.74, 6) is -0.0684. The van der Waals surface area contributed by atoms with Crippen LogP contribution in [0, 0.1) is 0 Å². The summed E-state index contributed by atoms with van der Waals surface area (Å²) in [6, 6.07) is 14.2. The smallest absolute Gasteiger partial charge is 0.262 e. The number of para-hydroxylation sites is 1. The van der Waals surface area contributed by atoms with Crippen molar-refractivity contribution in [3.8, 4) is 0 Å². The normalized spacial score (nSPS) is 14.5. The Morgan fingerprint density at radius 2 is 1.59 bits per heavy atom. The zero-order valence-electron chi connectivity index (χ0n) is 16.3. The minimum Gasteiger partial charge on any atom is -0.284 e. The maximum absolute atomic E-state index is 13.0. The van der Waals surface area contributed by atoms with E-state index in [2.05, 4.69) is 4.98 Å². The molecule has 0 bridgehead atoms. The number of hydrogen-bond donors (Lipinski definition) is 0. The van der Waals surface area contributed by atoms with Crippen molar-refractivity contribution in [2.45, 2.75) is 31.5 Å². The van der Waals surface area contributed by atoms with Crippen LogP contribution in [0.3, 0.4) is 0 Å². The number of nitrogens with zero attached hydrogens (tertiary/aromatic N) is 3. The molecule has 0 radical (unpaired) electrons. The van der Waals surface area contributed by atoms with Crippen molar-refractivity contribution in [1.82, 2.24) is 14.5 Å². The van der Waals surface area contributed by atoms with Gasteiger partial charge in [0.05, 0.1) is 22.0 Å². The number of hydrogen-bond acceptors (Lipinski definition) is 5. The lowest BCUT2D eigenvalue weighted by molar-refractivity contribution is 0.0664. The van der Waals surface area contributed by atoms with Crippen LogP contribution in [0.25, 0.3) is 10.9 Å². The van der Waals surface area contributed by atoms with Crippen LogP contribution >= 0.6 is 11.8 Å². The summed E-state index contributed by atoms with van der Waals surface area (Å²) < 4.78 is 1.72. The lowest BCUT2D eigenvalue weighted by Gasteiger charge is -2.19. The largest absolute Gasteiger partial charge is 0.284 e. The minimum absolute atomic E-state index is 0.00131. The summed E-state index contributed by atoms with van der Waals surface area (Å²) in [6.07, 6.45) is 0.798. The molecule has 1 atom stereocenters. The Morgan fingerprint density at radius 1 is 0.966 bits per heavy atom. The molecule has 1 aromatic heterocycles. The Labute approximate surface area is 172 Å². The van der Waals surface area contributed by atoms with E-state index in [0.29, 0.717) is 32.9 Å². The molecule has 29 heavy (non-hydrogen) atoms. The molecule has 2 amide bonds. The van der Waals surface area contributed by atoms with E-state index in [-0.39, 0.29) is 30.0 Å². The summed E-state index contributed by atoms with van der Waals surface area (Å²) in [5, 5.41) is 1.21. The number of imide groups is 1. The van der Waals surface area contributed by atoms with Gasteiger partial charge < -0.3 is 0 Å². The topological polar surface area (TPSA) is 72.3 Å². The molecule has 2 heterocycles. The molecule has 3 aromatic rings.